The molecule has 0 bridgehead atoms. The minimum atomic E-state index is -0.946. The second kappa shape index (κ2) is 6.71. The minimum absolute atomic E-state index is 0.270. The van der Waals surface area contributed by atoms with Gasteiger partial charge in [-0.3, -0.25) is 0 Å². The summed E-state index contributed by atoms with van der Waals surface area (Å²) in [5.41, 5.74) is 3.52. The summed E-state index contributed by atoms with van der Waals surface area (Å²) in [6, 6.07) is 15.0. The lowest BCUT2D eigenvalue weighted by Crippen LogP contribution is -2.01. The third kappa shape index (κ3) is 3.08. The number of benzene rings is 2. The van der Waals surface area contributed by atoms with Crippen LogP contribution in [0.3, 0.4) is 0 Å². The zero-order valence-corrected chi connectivity index (χ0v) is 13.7. The van der Waals surface area contributed by atoms with Crippen molar-refractivity contribution in [2.75, 3.05) is 6.61 Å². The van der Waals surface area contributed by atoms with Gasteiger partial charge in [0.25, 0.3) is 0 Å². The fourth-order valence-corrected chi connectivity index (χ4v) is 2.73. The number of hydrogen-bond donors (Lipinski definition) is 1. The number of aromatic carboxylic acids is 1. The van der Waals surface area contributed by atoms with Crippen LogP contribution < -0.4 is 4.74 Å². The number of fused-ring (bicyclic) bond motifs is 1. The molecule has 1 aromatic heterocycles. The summed E-state index contributed by atoms with van der Waals surface area (Å²) in [5.74, 6) is -0.201. The molecule has 3 aromatic rings. The number of rotatable bonds is 5. The van der Waals surface area contributed by atoms with Gasteiger partial charge in [0, 0.05) is 10.9 Å². The standard InChI is InChI=1S/C20H19NO3/c1-3-13-8-9-18-16(10-13)17(20(22)23)12-19(21-18)14-6-5-7-15(11-14)24-4-2/h5-12H,3-4H2,1-2H3,(H,22,23). The smallest absolute Gasteiger partial charge is 0.336 e. The zero-order valence-electron chi connectivity index (χ0n) is 13.7. The zero-order chi connectivity index (χ0) is 17.1. The maximum atomic E-state index is 11.7. The predicted octanol–water partition coefficient (Wildman–Crippen LogP) is 4.56. The quantitative estimate of drug-likeness (QED) is 0.748. The highest BCUT2D eigenvalue weighted by molar-refractivity contribution is 6.04. The van der Waals surface area contributed by atoms with E-state index < -0.39 is 5.97 Å². The number of ether oxygens (including phenoxy) is 1. The molecule has 0 fully saturated rings. The molecule has 0 saturated carbocycles. The molecule has 4 heteroatoms. The molecule has 0 spiro atoms. The molecule has 0 aliphatic heterocycles. The Kier molecular flexibility index (Phi) is 4.47. The number of aromatic nitrogens is 1. The van der Waals surface area contributed by atoms with Crippen LogP contribution in [0.15, 0.2) is 48.5 Å². The molecule has 2 aromatic carbocycles. The maximum Gasteiger partial charge on any atom is 0.336 e. The largest absolute Gasteiger partial charge is 0.494 e. The molecule has 4 nitrogen and oxygen atoms in total. The van der Waals surface area contributed by atoms with Crippen molar-refractivity contribution in [3.8, 4) is 17.0 Å². The lowest BCUT2D eigenvalue weighted by molar-refractivity contribution is 0.0699. The van der Waals surface area contributed by atoms with Crippen LogP contribution in [0.2, 0.25) is 0 Å². The van der Waals surface area contributed by atoms with E-state index in [-0.39, 0.29) is 5.56 Å². The van der Waals surface area contributed by atoms with Crippen LogP contribution in [0.5, 0.6) is 5.75 Å². The Hall–Kier alpha value is -2.88. The third-order valence-electron chi connectivity index (χ3n) is 3.95. The average molecular weight is 321 g/mol. The molecule has 122 valence electrons. The van der Waals surface area contributed by atoms with Gasteiger partial charge in [0.1, 0.15) is 5.75 Å². The molecular formula is C20H19NO3. The van der Waals surface area contributed by atoms with Crippen LogP contribution in [0, 0.1) is 0 Å². The van der Waals surface area contributed by atoms with Crippen molar-refractivity contribution in [1.82, 2.24) is 4.98 Å². The second-order valence-corrected chi connectivity index (χ2v) is 5.53. The first-order chi connectivity index (χ1) is 11.6. The van der Waals surface area contributed by atoms with Gasteiger partial charge in [-0.05, 0) is 49.2 Å². The van der Waals surface area contributed by atoms with Gasteiger partial charge in [0.2, 0.25) is 0 Å². The van der Waals surface area contributed by atoms with Crippen LogP contribution >= 0.6 is 0 Å². The second-order valence-electron chi connectivity index (χ2n) is 5.53. The van der Waals surface area contributed by atoms with Gasteiger partial charge in [-0.2, -0.15) is 0 Å². The normalized spacial score (nSPS) is 10.8. The van der Waals surface area contributed by atoms with Crippen molar-refractivity contribution in [3.05, 3.63) is 59.7 Å². The Balaban J connectivity index is 2.19. The fourth-order valence-electron chi connectivity index (χ4n) is 2.73. The van der Waals surface area contributed by atoms with Crippen molar-refractivity contribution < 1.29 is 14.6 Å². The van der Waals surface area contributed by atoms with E-state index in [1.54, 1.807) is 6.07 Å². The maximum absolute atomic E-state index is 11.7. The minimum Gasteiger partial charge on any atom is -0.494 e. The number of carboxylic acid groups (broad SMARTS) is 1. The van der Waals surface area contributed by atoms with Gasteiger partial charge in [0.05, 0.1) is 23.4 Å². The number of carboxylic acids is 1. The van der Waals surface area contributed by atoms with Gasteiger partial charge in [0.15, 0.2) is 0 Å². The molecule has 0 amide bonds. The highest BCUT2D eigenvalue weighted by Gasteiger charge is 2.13. The Morgan fingerprint density at radius 3 is 2.67 bits per heavy atom. The van der Waals surface area contributed by atoms with E-state index in [1.165, 1.54) is 0 Å². The highest BCUT2D eigenvalue weighted by Crippen LogP contribution is 2.28. The molecule has 1 N–H and O–H groups in total. The number of nitrogens with zero attached hydrogens (tertiary/aromatic N) is 1. The number of carbonyl (C=O) groups is 1. The van der Waals surface area contributed by atoms with Gasteiger partial charge in [-0.25, -0.2) is 9.78 Å². The van der Waals surface area contributed by atoms with E-state index in [0.29, 0.717) is 23.2 Å². The predicted molar refractivity (Wildman–Crippen MR) is 94.7 cm³/mol. The molecule has 24 heavy (non-hydrogen) atoms. The molecule has 0 radical (unpaired) electrons. The van der Waals surface area contributed by atoms with Gasteiger partial charge in [-0.1, -0.05) is 25.1 Å². The third-order valence-corrected chi connectivity index (χ3v) is 3.95. The van der Waals surface area contributed by atoms with Gasteiger partial charge in [-0.15, -0.1) is 0 Å². The number of aryl methyl sites for hydroxylation is 1. The van der Waals surface area contributed by atoms with Crippen LogP contribution in [0.1, 0.15) is 29.8 Å². The Morgan fingerprint density at radius 1 is 1.12 bits per heavy atom. The summed E-state index contributed by atoms with van der Waals surface area (Å²) in [4.78, 5) is 16.4. The van der Waals surface area contributed by atoms with E-state index in [9.17, 15) is 9.90 Å². The molecule has 1 heterocycles. The van der Waals surface area contributed by atoms with Crippen molar-refractivity contribution in [3.63, 3.8) is 0 Å². The Labute approximate surface area is 140 Å². The molecule has 0 aliphatic carbocycles. The monoisotopic (exact) mass is 321 g/mol. The molecule has 0 aliphatic rings. The van der Waals surface area contributed by atoms with Crippen LogP contribution in [-0.2, 0) is 6.42 Å². The fraction of sp³-hybridized carbons (Fsp3) is 0.200. The van der Waals surface area contributed by atoms with Crippen LogP contribution in [-0.4, -0.2) is 22.7 Å². The van der Waals surface area contributed by atoms with E-state index in [2.05, 4.69) is 4.98 Å². The first-order valence-corrected chi connectivity index (χ1v) is 8.02. The first-order valence-electron chi connectivity index (χ1n) is 8.02. The lowest BCUT2D eigenvalue weighted by atomic mass is 10.0. The summed E-state index contributed by atoms with van der Waals surface area (Å²) in [6.45, 7) is 4.55. The number of hydrogen-bond acceptors (Lipinski definition) is 3. The summed E-state index contributed by atoms with van der Waals surface area (Å²) in [7, 11) is 0. The topological polar surface area (TPSA) is 59.4 Å². The highest BCUT2D eigenvalue weighted by atomic mass is 16.5. The summed E-state index contributed by atoms with van der Waals surface area (Å²) in [6.07, 6.45) is 0.854. The average Bonchev–Trinajstić information content (AvgIpc) is 2.60. The van der Waals surface area contributed by atoms with Crippen molar-refractivity contribution >= 4 is 16.9 Å². The Morgan fingerprint density at radius 2 is 1.96 bits per heavy atom. The first kappa shape index (κ1) is 16.0. The Bertz CT molecular complexity index is 903. The van der Waals surface area contributed by atoms with Crippen LogP contribution in [0.25, 0.3) is 22.2 Å². The lowest BCUT2D eigenvalue weighted by Gasteiger charge is -2.10. The molecule has 0 unspecified atom stereocenters. The summed E-state index contributed by atoms with van der Waals surface area (Å²) < 4.78 is 5.52. The SMILES string of the molecule is CCOc1cccc(-c2cc(C(=O)O)c3cc(CC)ccc3n2)c1. The molecule has 0 atom stereocenters. The van der Waals surface area contributed by atoms with E-state index in [0.717, 1.165) is 23.3 Å². The molecule has 3 rings (SSSR count). The molecular weight excluding hydrogens is 302 g/mol. The van der Waals surface area contributed by atoms with Gasteiger partial charge >= 0.3 is 5.97 Å². The summed E-state index contributed by atoms with van der Waals surface area (Å²) in [5, 5.41) is 10.3. The van der Waals surface area contributed by atoms with Gasteiger partial charge < -0.3 is 9.84 Å². The number of pyridine rings is 1. The van der Waals surface area contributed by atoms with E-state index in [4.69, 9.17) is 4.74 Å². The van der Waals surface area contributed by atoms with E-state index >= 15 is 0 Å². The van der Waals surface area contributed by atoms with Crippen LogP contribution in [0.4, 0.5) is 0 Å². The van der Waals surface area contributed by atoms with Crippen molar-refractivity contribution in [2.45, 2.75) is 20.3 Å². The summed E-state index contributed by atoms with van der Waals surface area (Å²) >= 11 is 0. The molecule has 0 saturated heterocycles. The van der Waals surface area contributed by atoms with Crippen molar-refractivity contribution in [2.24, 2.45) is 0 Å². The van der Waals surface area contributed by atoms with Crippen molar-refractivity contribution in [1.29, 1.82) is 0 Å². The van der Waals surface area contributed by atoms with E-state index in [1.807, 2.05) is 56.3 Å².